The fourth-order valence-electron chi connectivity index (χ4n) is 2.63. The molecule has 0 fully saturated rings. The molecule has 1 heterocycles. The molecule has 3 aromatic rings. The number of nitrogens with zero attached hydrogens (tertiary/aromatic N) is 1. The van der Waals surface area contributed by atoms with Gasteiger partial charge in [-0.15, -0.1) is 0 Å². The second-order valence-corrected chi connectivity index (χ2v) is 5.73. The van der Waals surface area contributed by atoms with Crippen molar-refractivity contribution < 1.29 is 13.6 Å². The molecule has 124 valence electrons. The maximum absolute atomic E-state index is 13.5. The van der Waals surface area contributed by atoms with Crippen molar-refractivity contribution in [1.29, 1.82) is 0 Å². The molecule has 1 N–H and O–H groups in total. The quantitative estimate of drug-likeness (QED) is 0.753. The van der Waals surface area contributed by atoms with Crippen LogP contribution in [0.5, 0.6) is 0 Å². The van der Waals surface area contributed by atoms with Crippen molar-refractivity contribution in [2.45, 2.75) is 26.2 Å². The predicted molar refractivity (Wildman–Crippen MR) is 90.2 cm³/mol. The molecular formula is C19H19FN2O2. The molecule has 0 unspecified atom stereocenters. The molecule has 0 radical (unpaired) electrons. The summed E-state index contributed by atoms with van der Waals surface area (Å²) in [7, 11) is 0. The molecule has 5 heteroatoms. The van der Waals surface area contributed by atoms with E-state index in [0.717, 1.165) is 16.7 Å². The number of oxazole rings is 1. The van der Waals surface area contributed by atoms with Crippen LogP contribution in [0.3, 0.4) is 0 Å². The predicted octanol–water partition coefficient (Wildman–Crippen LogP) is 3.57. The van der Waals surface area contributed by atoms with Crippen molar-refractivity contribution in [2.75, 3.05) is 6.54 Å². The smallest absolute Gasteiger partial charge is 0.220 e. The first kappa shape index (κ1) is 16.2. The number of aromatic nitrogens is 1. The maximum atomic E-state index is 13.5. The molecule has 0 saturated carbocycles. The molecule has 0 aliphatic heterocycles. The minimum atomic E-state index is -0.233. The van der Waals surface area contributed by atoms with E-state index in [0.29, 0.717) is 37.3 Å². The van der Waals surface area contributed by atoms with E-state index in [1.54, 1.807) is 18.2 Å². The number of carbonyl (C=O) groups excluding carboxylic acids is 1. The van der Waals surface area contributed by atoms with Crippen molar-refractivity contribution in [2.24, 2.45) is 0 Å². The summed E-state index contributed by atoms with van der Waals surface area (Å²) < 4.78 is 18.9. The Bertz CT molecular complexity index is 857. The molecule has 0 saturated heterocycles. The summed E-state index contributed by atoms with van der Waals surface area (Å²) in [6, 6.07) is 12.4. The van der Waals surface area contributed by atoms with Gasteiger partial charge in [-0.25, -0.2) is 9.37 Å². The van der Waals surface area contributed by atoms with Crippen LogP contribution in [0.2, 0.25) is 0 Å². The number of benzene rings is 2. The van der Waals surface area contributed by atoms with Crippen LogP contribution >= 0.6 is 0 Å². The second kappa shape index (κ2) is 7.25. The number of fused-ring (bicyclic) bond motifs is 1. The van der Waals surface area contributed by atoms with E-state index in [1.165, 1.54) is 6.07 Å². The summed E-state index contributed by atoms with van der Waals surface area (Å²) in [5.74, 6) is 0.360. The SMILES string of the molecule is Cc1nc2cc(CCC(=O)NCCc3ccccc3F)ccc2o1. The van der Waals surface area contributed by atoms with Gasteiger partial charge in [-0.05, 0) is 42.2 Å². The van der Waals surface area contributed by atoms with Crippen molar-refractivity contribution in [3.8, 4) is 0 Å². The number of hydrogen-bond acceptors (Lipinski definition) is 3. The molecule has 3 rings (SSSR count). The Hall–Kier alpha value is -2.69. The van der Waals surface area contributed by atoms with Crippen LogP contribution in [0.15, 0.2) is 46.9 Å². The van der Waals surface area contributed by atoms with Crippen molar-refractivity contribution in [3.05, 3.63) is 65.3 Å². The lowest BCUT2D eigenvalue weighted by Crippen LogP contribution is -2.26. The van der Waals surface area contributed by atoms with Crippen LogP contribution < -0.4 is 5.32 Å². The first-order chi connectivity index (χ1) is 11.6. The van der Waals surface area contributed by atoms with Gasteiger partial charge in [0.05, 0.1) is 0 Å². The Kier molecular flexibility index (Phi) is 4.89. The van der Waals surface area contributed by atoms with Gasteiger partial charge < -0.3 is 9.73 Å². The molecule has 1 aromatic heterocycles. The normalized spacial score (nSPS) is 10.9. The van der Waals surface area contributed by atoms with Crippen molar-refractivity contribution in [1.82, 2.24) is 10.3 Å². The molecule has 0 aliphatic carbocycles. The summed E-state index contributed by atoms with van der Waals surface area (Å²) in [5, 5.41) is 2.83. The number of hydrogen-bond donors (Lipinski definition) is 1. The minimum Gasteiger partial charge on any atom is -0.441 e. The summed E-state index contributed by atoms with van der Waals surface area (Å²) >= 11 is 0. The van der Waals surface area contributed by atoms with Crippen LogP contribution in [0.4, 0.5) is 4.39 Å². The van der Waals surface area contributed by atoms with Gasteiger partial charge in [-0.2, -0.15) is 0 Å². The highest BCUT2D eigenvalue weighted by Gasteiger charge is 2.06. The molecule has 0 aliphatic rings. The third-order valence-electron chi connectivity index (χ3n) is 3.87. The first-order valence-corrected chi connectivity index (χ1v) is 7.98. The zero-order chi connectivity index (χ0) is 16.9. The van der Waals surface area contributed by atoms with Gasteiger partial charge >= 0.3 is 0 Å². The van der Waals surface area contributed by atoms with Crippen molar-refractivity contribution in [3.63, 3.8) is 0 Å². The summed E-state index contributed by atoms with van der Waals surface area (Å²) in [6.45, 7) is 2.24. The van der Waals surface area contributed by atoms with E-state index in [2.05, 4.69) is 10.3 Å². The molecule has 1 amide bonds. The third-order valence-corrected chi connectivity index (χ3v) is 3.87. The number of nitrogens with one attached hydrogen (secondary N) is 1. The zero-order valence-corrected chi connectivity index (χ0v) is 13.5. The van der Waals surface area contributed by atoms with Crippen LogP contribution in [0.1, 0.15) is 23.4 Å². The number of aryl methyl sites for hydroxylation is 2. The van der Waals surface area contributed by atoms with Gasteiger partial charge in [0.15, 0.2) is 11.5 Å². The van der Waals surface area contributed by atoms with Crippen LogP contribution in [-0.4, -0.2) is 17.4 Å². The molecule has 0 spiro atoms. The monoisotopic (exact) mass is 326 g/mol. The van der Waals surface area contributed by atoms with Crippen LogP contribution in [-0.2, 0) is 17.6 Å². The van der Waals surface area contributed by atoms with Crippen LogP contribution in [0, 0.1) is 12.7 Å². The highest BCUT2D eigenvalue weighted by molar-refractivity contribution is 5.77. The maximum Gasteiger partial charge on any atom is 0.220 e. The van der Waals surface area contributed by atoms with Gasteiger partial charge in [-0.1, -0.05) is 24.3 Å². The lowest BCUT2D eigenvalue weighted by atomic mass is 10.1. The fourth-order valence-corrected chi connectivity index (χ4v) is 2.63. The Morgan fingerprint density at radius 2 is 2.04 bits per heavy atom. The summed E-state index contributed by atoms with van der Waals surface area (Å²) in [6.07, 6.45) is 1.51. The molecule has 24 heavy (non-hydrogen) atoms. The van der Waals surface area contributed by atoms with E-state index in [-0.39, 0.29) is 11.7 Å². The molecule has 2 aromatic carbocycles. The van der Waals surface area contributed by atoms with E-state index in [1.807, 2.05) is 25.1 Å². The van der Waals surface area contributed by atoms with E-state index in [4.69, 9.17) is 4.42 Å². The minimum absolute atomic E-state index is 0.0391. The standard InChI is InChI=1S/C19H19FN2O2/c1-13-22-17-12-14(6-8-18(17)24-13)7-9-19(23)21-11-10-15-4-2-3-5-16(15)20/h2-6,8,12H,7,9-11H2,1H3,(H,21,23). The Labute approximate surface area is 139 Å². The third kappa shape index (κ3) is 3.98. The van der Waals surface area contributed by atoms with E-state index < -0.39 is 0 Å². The van der Waals surface area contributed by atoms with Gasteiger partial charge in [0.2, 0.25) is 5.91 Å². The molecular weight excluding hydrogens is 307 g/mol. The highest BCUT2D eigenvalue weighted by Crippen LogP contribution is 2.17. The average molecular weight is 326 g/mol. The first-order valence-electron chi connectivity index (χ1n) is 7.98. The Balaban J connectivity index is 1.47. The van der Waals surface area contributed by atoms with Crippen molar-refractivity contribution >= 4 is 17.0 Å². The van der Waals surface area contributed by atoms with Gasteiger partial charge in [0.25, 0.3) is 0 Å². The Morgan fingerprint density at radius 3 is 2.88 bits per heavy atom. The van der Waals surface area contributed by atoms with Gasteiger partial charge in [-0.3, -0.25) is 4.79 Å². The molecule has 4 nitrogen and oxygen atoms in total. The summed E-state index contributed by atoms with van der Waals surface area (Å²) in [5.41, 5.74) is 3.22. The van der Waals surface area contributed by atoms with Crippen LogP contribution in [0.25, 0.3) is 11.1 Å². The zero-order valence-electron chi connectivity index (χ0n) is 13.5. The lowest BCUT2D eigenvalue weighted by molar-refractivity contribution is -0.121. The number of amides is 1. The topological polar surface area (TPSA) is 55.1 Å². The van der Waals surface area contributed by atoms with Gasteiger partial charge in [0, 0.05) is 19.9 Å². The largest absolute Gasteiger partial charge is 0.441 e. The number of rotatable bonds is 6. The van der Waals surface area contributed by atoms with E-state index in [9.17, 15) is 9.18 Å². The average Bonchev–Trinajstić information content (AvgIpc) is 2.94. The molecule has 0 atom stereocenters. The Morgan fingerprint density at radius 1 is 1.21 bits per heavy atom. The number of carbonyl (C=O) groups is 1. The lowest BCUT2D eigenvalue weighted by Gasteiger charge is -2.06. The fraction of sp³-hybridized carbons (Fsp3) is 0.263. The van der Waals surface area contributed by atoms with E-state index >= 15 is 0 Å². The second-order valence-electron chi connectivity index (χ2n) is 5.73. The molecule has 0 bridgehead atoms. The van der Waals surface area contributed by atoms with Gasteiger partial charge in [0.1, 0.15) is 11.3 Å². The highest BCUT2D eigenvalue weighted by atomic mass is 19.1. The number of halogens is 1. The summed E-state index contributed by atoms with van der Waals surface area (Å²) in [4.78, 5) is 16.2.